The average molecular weight is 412 g/mol. The van der Waals surface area contributed by atoms with Crippen molar-refractivity contribution in [2.45, 2.75) is 58.0 Å². The van der Waals surface area contributed by atoms with E-state index in [2.05, 4.69) is 29.4 Å². The lowest BCUT2D eigenvalue weighted by Crippen LogP contribution is -2.35. The Morgan fingerprint density at radius 1 is 1.31 bits per heavy atom. The Morgan fingerprint density at radius 3 is 2.90 bits per heavy atom. The number of aromatic nitrogens is 2. The molecule has 1 aliphatic carbocycles. The van der Waals surface area contributed by atoms with Crippen molar-refractivity contribution in [3.8, 4) is 5.75 Å². The maximum atomic E-state index is 12.9. The van der Waals surface area contributed by atoms with Crippen LogP contribution < -0.4 is 15.6 Å². The lowest BCUT2D eigenvalue weighted by Gasteiger charge is -2.23. The molecule has 1 aromatic carbocycles. The quantitative estimate of drug-likeness (QED) is 0.610. The zero-order valence-electron chi connectivity index (χ0n) is 17.2. The second-order valence-electron chi connectivity index (χ2n) is 7.77. The summed E-state index contributed by atoms with van der Waals surface area (Å²) in [6.45, 7) is 3.86. The van der Waals surface area contributed by atoms with Crippen molar-refractivity contribution < 1.29 is 4.74 Å². The summed E-state index contributed by atoms with van der Waals surface area (Å²) >= 11 is 1.71. The summed E-state index contributed by atoms with van der Waals surface area (Å²) in [7, 11) is 1.69. The molecule has 0 amide bonds. The van der Waals surface area contributed by atoms with E-state index in [1.165, 1.54) is 16.0 Å². The molecule has 3 aromatic rings. The SMILES string of the molecule is CCCCn1cnc2sc3c(c2c1=O)CCC(NCCc1ccc(OC)cc1)C3. The van der Waals surface area contributed by atoms with Crippen LogP contribution in [-0.4, -0.2) is 29.2 Å². The molecule has 1 aliphatic rings. The lowest BCUT2D eigenvalue weighted by atomic mass is 9.93. The van der Waals surface area contributed by atoms with Gasteiger partial charge in [-0.3, -0.25) is 9.36 Å². The minimum absolute atomic E-state index is 0.145. The molecule has 2 aromatic heterocycles. The molecule has 2 heterocycles. The molecule has 0 saturated heterocycles. The van der Waals surface area contributed by atoms with Gasteiger partial charge in [0, 0.05) is 17.5 Å². The third-order valence-electron chi connectivity index (χ3n) is 5.79. The summed E-state index contributed by atoms with van der Waals surface area (Å²) in [4.78, 5) is 19.8. The largest absolute Gasteiger partial charge is 0.497 e. The summed E-state index contributed by atoms with van der Waals surface area (Å²) in [6, 6.07) is 8.75. The van der Waals surface area contributed by atoms with Crippen LogP contribution >= 0.6 is 11.3 Å². The van der Waals surface area contributed by atoms with Crippen molar-refractivity contribution in [1.82, 2.24) is 14.9 Å². The molecule has 5 nitrogen and oxygen atoms in total. The van der Waals surface area contributed by atoms with E-state index in [9.17, 15) is 4.79 Å². The molecule has 0 aliphatic heterocycles. The van der Waals surface area contributed by atoms with Crippen molar-refractivity contribution in [2.75, 3.05) is 13.7 Å². The molecule has 0 bridgehead atoms. The maximum absolute atomic E-state index is 12.9. The molecule has 29 heavy (non-hydrogen) atoms. The van der Waals surface area contributed by atoms with Crippen molar-refractivity contribution in [1.29, 1.82) is 0 Å². The van der Waals surface area contributed by atoms with E-state index in [0.29, 0.717) is 6.04 Å². The van der Waals surface area contributed by atoms with Gasteiger partial charge in [0.25, 0.3) is 5.56 Å². The van der Waals surface area contributed by atoms with E-state index < -0.39 is 0 Å². The number of thiophene rings is 1. The third-order valence-corrected chi connectivity index (χ3v) is 6.96. The predicted octanol–water partition coefficient (Wildman–Crippen LogP) is 3.96. The fourth-order valence-electron chi connectivity index (χ4n) is 4.08. The van der Waals surface area contributed by atoms with Crippen LogP contribution in [0.1, 0.15) is 42.2 Å². The van der Waals surface area contributed by atoms with Crippen LogP contribution in [0.2, 0.25) is 0 Å². The van der Waals surface area contributed by atoms with Crippen LogP contribution in [0.15, 0.2) is 35.4 Å². The Bertz CT molecular complexity index is 1020. The van der Waals surface area contributed by atoms with E-state index in [4.69, 9.17) is 4.74 Å². The second-order valence-corrected chi connectivity index (χ2v) is 8.86. The minimum atomic E-state index is 0.145. The first-order chi connectivity index (χ1) is 14.2. The first-order valence-corrected chi connectivity index (χ1v) is 11.4. The van der Waals surface area contributed by atoms with E-state index in [1.807, 2.05) is 12.1 Å². The number of nitrogens with zero attached hydrogens (tertiary/aromatic N) is 2. The van der Waals surface area contributed by atoms with Gasteiger partial charge in [-0.15, -0.1) is 11.3 Å². The van der Waals surface area contributed by atoms with Crippen LogP contribution in [0, 0.1) is 0 Å². The molecule has 1 unspecified atom stereocenters. The number of methoxy groups -OCH3 is 1. The van der Waals surface area contributed by atoms with E-state index in [1.54, 1.807) is 29.3 Å². The zero-order chi connectivity index (χ0) is 20.2. The molecule has 154 valence electrons. The molecule has 6 heteroatoms. The van der Waals surface area contributed by atoms with Crippen LogP contribution in [0.25, 0.3) is 10.2 Å². The number of hydrogen-bond donors (Lipinski definition) is 1. The van der Waals surface area contributed by atoms with Crippen LogP contribution in [0.5, 0.6) is 5.75 Å². The summed E-state index contributed by atoms with van der Waals surface area (Å²) < 4.78 is 7.01. The number of aryl methyl sites for hydroxylation is 2. The number of ether oxygens (including phenoxy) is 1. The zero-order valence-corrected chi connectivity index (χ0v) is 18.1. The molecule has 1 atom stereocenters. The molecular formula is C23H29N3O2S. The number of unbranched alkanes of at least 4 members (excludes halogenated alkanes) is 1. The third kappa shape index (κ3) is 4.38. The van der Waals surface area contributed by atoms with Gasteiger partial charge in [-0.1, -0.05) is 25.5 Å². The summed E-state index contributed by atoms with van der Waals surface area (Å²) in [6.07, 6.45) is 7.86. The fourth-order valence-corrected chi connectivity index (χ4v) is 5.33. The monoisotopic (exact) mass is 411 g/mol. The Labute approximate surface area is 175 Å². The van der Waals surface area contributed by atoms with Crippen LogP contribution in [0.3, 0.4) is 0 Å². The fraction of sp³-hybridized carbons (Fsp3) is 0.478. The minimum Gasteiger partial charge on any atom is -0.497 e. The van der Waals surface area contributed by atoms with E-state index in [-0.39, 0.29) is 5.56 Å². The van der Waals surface area contributed by atoms with Gasteiger partial charge in [-0.25, -0.2) is 4.98 Å². The van der Waals surface area contributed by atoms with Crippen molar-refractivity contribution in [3.05, 3.63) is 57.0 Å². The van der Waals surface area contributed by atoms with Crippen LogP contribution in [-0.2, 0) is 25.8 Å². The van der Waals surface area contributed by atoms with Crippen LogP contribution in [0.4, 0.5) is 0 Å². The van der Waals surface area contributed by atoms with Gasteiger partial charge in [0.1, 0.15) is 10.6 Å². The Morgan fingerprint density at radius 2 is 2.14 bits per heavy atom. The van der Waals surface area contributed by atoms with Gasteiger partial charge in [-0.2, -0.15) is 0 Å². The van der Waals surface area contributed by atoms with Gasteiger partial charge >= 0.3 is 0 Å². The number of hydrogen-bond acceptors (Lipinski definition) is 5. The topological polar surface area (TPSA) is 56.2 Å². The van der Waals surface area contributed by atoms with E-state index >= 15 is 0 Å². The number of fused-ring (bicyclic) bond motifs is 3. The predicted molar refractivity (Wildman–Crippen MR) is 119 cm³/mol. The van der Waals surface area contributed by atoms with Crippen molar-refractivity contribution in [3.63, 3.8) is 0 Å². The summed E-state index contributed by atoms with van der Waals surface area (Å²) in [5.74, 6) is 0.897. The first-order valence-electron chi connectivity index (χ1n) is 10.6. The highest BCUT2D eigenvalue weighted by molar-refractivity contribution is 7.18. The molecular weight excluding hydrogens is 382 g/mol. The van der Waals surface area contributed by atoms with Gasteiger partial charge < -0.3 is 10.1 Å². The molecule has 0 fully saturated rings. The van der Waals surface area contributed by atoms with Gasteiger partial charge in [0.15, 0.2) is 0 Å². The number of nitrogens with one attached hydrogen (secondary N) is 1. The highest BCUT2D eigenvalue weighted by Crippen LogP contribution is 2.33. The van der Waals surface area contributed by atoms with Crippen molar-refractivity contribution in [2.24, 2.45) is 0 Å². The van der Waals surface area contributed by atoms with Gasteiger partial charge in [0.05, 0.1) is 18.8 Å². The Hall–Kier alpha value is -2.18. The number of benzene rings is 1. The highest BCUT2D eigenvalue weighted by atomic mass is 32.1. The summed E-state index contributed by atoms with van der Waals surface area (Å²) in [5.41, 5.74) is 2.71. The molecule has 4 rings (SSSR count). The normalized spacial score (nSPS) is 16.1. The van der Waals surface area contributed by atoms with Gasteiger partial charge in [0.2, 0.25) is 0 Å². The van der Waals surface area contributed by atoms with E-state index in [0.717, 1.165) is 67.6 Å². The Kier molecular flexibility index (Phi) is 6.31. The highest BCUT2D eigenvalue weighted by Gasteiger charge is 2.24. The number of rotatable bonds is 8. The molecule has 0 radical (unpaired) electrons. The molecule has 1 N–H and O–H groups in total. The van der Waals surface area contributed by atoms with Crippen molar-refractivity contribution >= 4 is 21.6 Å². The first kappa shape index (κ1) is 20.1. The molecule has 0 saturated carbocycles. The lowest BCUT2D eigenvalue weighted by molar-refractivity contribution is 0.414. The second kappa shape index (κ2) is 9.09. The maximum Gasteiger partial charge on any atom is 0.262 e. The summed E-state index contributed by atoms with van der Waals surface area (Å²) in [5, 5.41) is 4.58. The average Bonchev–Trinajstić information content (AvgIpc) is 3.12. The standard InChI is InChI=1S/C23H29N3O2S/c1-3-4-13-26-15-25-22-21(23(26)27)19-10-7-17(14-20(19)29-22)24-12-11-16-5-8-18(28-2)9-6-16/h5-6,8-9,15,17,24H,3-4,7,10-14H2,1-2H3. The van der Waals surface area contributed by atoms with Gasteiger partial charge in [-0.05, 0) is 61.9 Å². The Balaban J connectivity index is 1.41. The smallest absolute Gasteiger partial charge is 0.262 e. The molecule has 0 spiro atoms.